The number of nitrogen functional groups attached to an aromatic ring is 1. The van der Waals surface area contributed by atoms with Crippen LogP contribution < -0.4 is 11.1 Å². The van der Waals surface area contributed by atoms with Gasteiger partial charge in [0.25, 0.3) is 5.91 Å². The maximum absolute atomic E-state index is 13.4. The summed E-state index contributed by atoms with van der Waals surface area (Å²) in [6.45, 7) is 4.58. The Labute approximate surface area is 117 Å². The Morgan fingerprint density at radius 3 is 2.20 bits per heavy atom. The Morgan fingerprint density at radius 2 is 1.80 bits per heavy atom. The van der Waals surface area contributed by atoms with E-state index in [0.717, 1.165) is 12.1 Å². The molecule has 112 valence electrons. The van der Waals surface area contributed by atoms with Gasteiger partial charge >= 0.3 is 0 Å². The summed E-state index contributed by atoms with van der Waals surface area (Å²) >= 11 is 0. The highest BCUT2D eigenvalue weighted by Gasteiger charge is 2.19. The van der Waals surface area contributed by atoms with E-state index in [9.17, 15) is 13.6 Å². The lowest BCUT2D eigenvalue weighted by Crippen LogP contribution is -2.45. The first-order chi connectivity index (χ1) is 9.22. The second-order valence-corrected chi connectivity index (χ2v) is 5.44. The summed E-state index contributed by atoms with van der Waals surface area (Å²) in [6, 6.07) is 1.78. The maximum Gasteiger partial charge on any atom is 0.251 e. The summed E-state index contributed by atoms with van der Waals surface area (Å²) in [5.74, 6) is -2.17. The number of nitrogens with two attached hydrogens (primary N) is 1. The third kappa shape index (κ3) is 4.16. The second-order valence-electron chi connectivity index (χ2n) is 5.44. The van der Waals surface area contributed by atoms with Crippen molar-refractivity contribution in [2.45, 2.75) is 19.9 Å². The van der Waals surface area contributed by atoms with Gasteiger partial charge in [-0.25, -0.2) is 8.78 Å². The van der Waals surface area contributed by atoms with Crippen molar-refractivity contribution in [2.24, 2.45) is 5.92 Å². The van der Waals surface area contributed by atoms with E-state index >= 15 is 0 Å². The van der Waals surface area contributed by atoms with Crippen molar-refractivity contribution in [3.63, 3.8) is 0 Å². The molecular weight excluding hydrogens is 264 g/mol. The van der Waals surface area contributed by atoms with Crippen LogP contribution in [0.1, 0.15) is 24.2 Å². The predicted molar refractivity (Wildman–Crippen MR) is 75.4 cm³/mol. The molecule has 0 aliphatic carbocycles. The van der Waals surface area contributed by atoms with E-state index in [2.05, 4.69) is 5.32 Å². The van der Waals surface area contributed by atoms with Crippen molar-refractivity contribution < 1.29 is 13.6 Å². The molecule has 1 rings (SSSR count). The van der Waals surface area contributed by atoms with Crippen LogP contribution in [0.25, 0.3) is 0 Å². The van der Waals surface area contributed by atoms with Gasteiger partial charge in [-0.3, -0.25) is 4.79 Å². The minimum atomic E-state index is -0.927. The summed E-state index contributed by atoms with van der Waals surface area (Å²) in [5, 5.41) is 2.78. The third-order valence-electron chi connectivity index (χ3n) is 3.02. The molecule has 0 saturated carbocycles. The molecule has 3 N–H and O–H groups in total. The van der Waals surface area contributed by atoms with Crippen LogP contribution in [0.15, 0.2) is 12.1 Å². The number of carbonyl (C=O) groups is 1. The number of likely N-dealkylation sites (N-methyl/N-ethyl adjacent to an activating group) is 1. The lowest BCUT2D eigenvalue weighted by molar-refractivity contribution is 0.0915. The molecule has 0 aliphatic rings. The predicted octanol–water partition coefficient (Wildman–Crippen LogP) is 1.86. The number of nitrogens with one attached hydrogen (secondary N) is 1. The van der Waals surface area contributed by atoms with E-state index < -0.39 is 23.2 Å². The molecule has 1 amide bonds. The van der Waals surface area contributed by atoms with Gasteiger partial charge in [-0.2, -0.15) is 0 Å². The zero-order valence-corrected chi connectivity index (χ0v) is 12.2. The van der Waals surface area contributed by atoms with Gasteiger partial charge in [0.15, 0.2) is 0 Å². The summed E-state index contributed by atoms with van der Waals surface area (Å²) < 4.78 is 26.7. The van der Waals surface area contributed by atoms with E-state index in [4.69, 9.17) is 5.73 Å². The van der Waals surface area contributed by atoms with Crippen LogP contribution in [-0.2, 0) is 0 Å². The van der Waals surface area contributed by atoms with Crippen molar-refractivity contribution in [1.29, 1.82) is 0 Å². The fourth-order valence-electron chi connectivity index (χ4n) is 1.78. The zero-order chi connectivity index (χ0) is 15.4. The van der Waals surface area contributed by atoms with Gasteiger partial charge in [-0.05, 0) is 32.1 Å². The van der Waals surface area contributed by atoms with E-state index in [1.807, 2.05) is 32.8 Å². The number of hydrogen-bond acceptors (Lipinski definition) is 3. The fourth-order valence-corrected chi connectivity index (χ4v) is 1.78. The molecule has 1 aromatic carbocycles. The molecular formula is C14H21F2N3O. The van der Waals surface area contributed by atoms with Crippen LogP contribution in [0.4, 0.5) is 14.5 Å². The first kappa shape index (κ1) is 16.4. The smallest absolute Gasteiger partial charge is 0.251 e. The highest BCUT2D eigenvalue weighted by molar-refractivity contribution is 5.94. The number of hydrogen-bond donors (Lipinski definition) is 2. The number of amides is 1. The lowest BCUT2D eigenvalue weighted by Gasteiger charge is -2.25. The van der Waals surface area contributed by atoms with Gasteiger partial charge in [0, 0.05) is 18.2 Å². The molecule has 1 aromatic rings. The van der Waals surface area contributed by atoms with Crippen molar-refractivity contribution >= 4 is 11.6 Å². The van der Waals surface area contributed by atoms with Crippen LogP contribution in [0.3, 0.4) is 0 Å². The molecule has 4 nitrogen and oxygen atoms in total. The molecule has 1 unspecified atom stereocenters. The van der Waals surface area contributed by atoms with Gasteiger partial charge in [-0.1, -0.05) is 13.8 Å². The summed E-state index contributed by atoms with van der Waals surface area (Å²) in [5.41, 5.74) is 4.53. The van der Waals surface area contributed by atoms with Crippen LogP contribution in [-0.4, -0.2) is 37.5 Å². The number of rotatable bonds is 5. The highest BCUT2D eigenvalue weighted by Crippen LogP contribution is 2.17. The van der Waals surface area contributed by atoms with Crippen molar-refractivity contribution in [3.8, 4) is 0 Å². The fraction of sp³-hybridized carbons (Fsp3) is 0.500. The Bertz CT molecular complexity index is 466. The Morgan fingerprint density at radius 1 is 1.30 bits per heavy atom. The molecule has 0 saturated heterocycles. The van der Waals surface area contributed by atoms with E-state index in [-0.39, 0.29) is 17.5 Å². The summed E-state index contributed by atoms with van der Waals surface area (Å²) in [6.07, 6.45) is 0. The van der Waals surface area contributed by atoms with Crippen LogP contribution >= 0.6 is 0 Å². The number of benzene rings is 1. The number of halogens is 2. The van der Waals surface area contributed by atoms with E-state index in [1.165, 1.54) is 0 Å². The Balaban J connectivity index is 2.89. The van der Waals surface area contributed by atoms with Gasteiger partial charge in [-0.15, -0.1) is 0 Å². The van der Waals surface area contributed by atoms with Gasteiger partial charge in [0.1, 0.15) is 17.3 Å². The molecule has 20 heavy (non-hydrogen) atoms. The Kier molecular flexibility index (Phi) is 5.44. The van der Waals surface area contributed by atoms with Crippen LogP contribution in [0.2, 0.25) is 0 Å². The monoisotopic (exact) mass is 285 g/mol. The van der Waals surface area contributed by atoms with Crippen LogP contribution in [0.5, 0.6) is 0 Å². The van der Waals surface area contributed by atoms with Crippen molar-refractivity contribution in [3.05, 3.63) is 29.3 Å². The maximum atomic E-state index is 13.4. The highest BCUT2D eigenvalue weighted by atomic mass is 19.1. The largest absolute Gasteiger partial charge is 0.394 e. The zero-order valence-electron chi connectivity index (χ0n) is 12.2. The molecule has 0 bridgehead atoms. The second kappa shape index (κ2) is 6.65. The molecule has 0 fully saturated rings. The summed E-state index contributed by atoms with van der Waals surface area (Å²) in [4.78, 5) is 14.0. The van der Waals surface area contributed by atoms with Crippen molar-refractivity contribution in [1.82, 2.24) is 10.2 Å². The average molecular weight is 285 g/mol. The van der Waals surface area contributed by atoms with Crippen molar-refractivity contribution in [2.75, 3.05) is 26.4 Å². The quantitative estimate of drug-likeness (QED) is 0.812. The number of carbonyl (C=O) groups excluding carboxylic acids is 1. The van der Waals surface area contributed by atoms with Gasteiger partial charge in [0.2, 0.25) is 0 Å². The standard InChI is InChI=1S/C14H21F2N3O/c1-8(2)12(7-19(3)4)18-14(20)9-5-10(15)13(17)11(16)6-9/h5-6,8,12H,7,17H2,1-4H3,(H,18,20). The lowest BCUT2D eigenvalue weighted by atomic mass is 10.0. The average Bonchev–Trinajstić information content (AvgIpc) is 2.33. The molecule has 0 aromatic heterocycles. The molecule has 6 heteroatoms. The molecule has 0 spiro atoms. The van der Waals surface area contributed by atoms with Gasteiger partial charge < -0.3 is 16.0 Å². The topological polar surface area (TPSA) is 58.4 Å². The van der Waals surface area contributed by atoms with E-state index in [0.29, 0.717) is 6.54 Å². The molecule has 1 atom stereocenters. The summed E-state index contributed by atoms with van der Waals surface area (Å²) in [7, 11) is 3.79. The van der Waals surface area contributed by atoms with Gasteiger partial charge in [0.05, 0.1) is 0 Å². The SMILES string of the molecule is CC(C)C(CN(C)C)NC(=O)c1cc(F)c(N)c(F)c1. The first-order valence-corrected chi connectivity index (χ1v) is 6.42. The van der Waals surface area contributed by atoms with E-state index in [1.54, 1.807) is 0 Å². The normalized spacial score (nSPS) is 12.8. The number of anilines is 1. The Hall–Kier alpha value is -1.69. The molecule has 0 radical (unpaired) electrons. The van der Waals surface area contributed by atoms with Crippen LogP contribution in [0, 0.1) is 17.6 Å². The minimum Gasteiger partial charge on any atom is -0.394 e. The minimum absolute atomic E-state index is 0.0707. The molecule has 0 heterocycles. The number of nitrogens with zero attached hydrogens (tertiary/aromatic N) is 1. The first-order valence-electron chi connectivity index (χ1n) is 6.42. The third-order valence-corrected chi connectivity index (χ3v) is 3.02. The molecule has 0 aliphatic heterocycles.